The zero-order chi connectivity index (χ0) is 18.0. The van der Waals surface area contributed by atoms with E-state index in [9.17, 15) is 34.8 Å². The molecule has 24 heavy (non-hydrogen) atoms. The summed E-state index contributed by atoms with van der Waals surface area (Å²) >= 11 is 0. The molecule has 0 bridgehead atoms. The number of hydrogen-bond acceptors (Lipinski definition) is 4. The molecule has 1 aromatic rings. The standard InChI is InChI=1S/C12H11F6N3O2S/c13-11(14,15)8-2-1-7(9(20-8)12(16,17)18)24(22,23)21-5-10(6-21)3-19-4-10/h1-2,19H,3-6H2. The molecule has 12 heteroatoms. The van der Waals surface area contributed by atoms with Crippen LogP contribution in [0.4, 0.5) is 26.3 Å². The Morgan fingerprint density at radius 2 is 1.62 bits per heavy atom. The number of sulfonamides is 1. The van der Waals surface area contributed by atoms with Crippen molar-refractivity contribution >= 4 is 10.0 Å². The first-order valence-electron chi connectivity index (χ1n) is 6.72. The van der Waals surface area contributed by atoms with Crippen LogP contribution in [0.2, 0.25) is 0 Å². The van der Waals surface area contributed by atoms with Gasteiger partial charge in [-0.15, -0.1) is 0 Å². The van der Waals surface area contributed by atoms with Crippen LogP contribution in [0.25, 0.3) is 0 Å². The van der Waals surface area contributed by atoms with E-state index in [0.29, 0.717) is 19.2 Å². The van der Waals surface area contributed by atoms with E-state index in [2.05, 4.69) is 10.3 Å². The number of alkyl halides is 6. The molecular weight excluding hydrogens is 364 g/mol. The first-order chi connectivity index (χ1) is 10.9. The minimum atomic E-state index is -5.33. The van der Waals surface area contributed by atoms with Gasteiger partial charge >= 0.3 is 12.4 Å². The summed E-state index contributed by atoms with van der Waals surface area (Å²) in [5, 5.41) is 2.94. The van der Waals surface area contributed by atoms with Gasteiger partial charge in [0.15, 0.2) is 5.69 Å². The Kier molecular flexibility index (Phi) is 3.67. The summed E-state index contributed by atoms with van der Waals surface area (Å²) in [4.78, 5) is 1.27. The minimum Gasteiger partial charge on any atom is -0.315 e. The molecule has 2 aliphatic rings. The second-order valence-corrected chi connectivity index (χ2v) is 7.82. The van der Waals surface area contributed by atoms with Gasteiger partial charge in [-0.05, 0) is 12.1 Å². The fraction of sp³-hybridized carbons (Fsp3) is 0.583. The van der Waals surface area contributed by atoms with Crippen LogP contribution >= 0.6 is 0 Å². The van der Waals surface area contributed by atoms with Crippen molar-refractivity contribution in [3.63, 3.8) is 0 Å². The summed E-state index contributed by atoms with van der Waals surface area (Å²) in [6, 6.07) is 0.556. The summed E-state index contributed by atoms with van der Waals surface area (Å²) in [5.41, 5.74) is -4.13. The predicted octanol–water partition coefficient (Wildman–Crippen LogP) is 1.71. The highest BCUT2D eigenvalue weighted by Crippen LogP contribution is 2.41. The van der Waals surface area contributed by atoms with E-state index in [0.717, 1.165) is 4.31 Å². The van der Waals surface area contributed by atoms with Crippen molar-refractivity contribution in [2.75, 3.05) is 26.2 Å². The Balaban J connectivity index is 2.00. The number of nitrogens with one attached hydrogen (secondary N) is 1. The zero-order valence-electron chi connectivity index (χ0n) is 11.9. The van der Waals surface area contributed by atoms with Gasteiger partial charge in [-0.3, -0.25) is 0 Å². The Morgan fingerprint density at radius 1 is 1.04 bits per heavy atom. The molecule has 1 N–H and O–H groups in total. The van der Waals surface area contributed by atoms with E-state index in [-0.39, 0.29) is 24.6 Å². The molecule has 0 aromatic carbocycles. The summed E-state index contributed by atoms with van der Waals surface area (Å²) in [6.45, 7) is 1.16. The second kappa shape index (κ2) is 5.05. The number of halogens is 6. The van der Waals surface area contributed by atoms with E-state index in [1.807, 2.05) is 0 Å². The minimum absolute atomic E-state index is 0.0284. The average Bonchev–Trinajstić information content (AvgIpc) is 2.32. The monoisotopic (exact) mass is 375 g/mol. The van der Waals surface area contributed by atoms with E-state index in [1.54, 1.807) is 0 Å². The number of aromatic nitrogens is 1. The molecule has 0 radical (unpaired) electrons. The lowest BCUT2D eigenvalue weighted by atomic mass is 9.76. The van der Waals surface area contributed by atoms with Gasteiger partial charge in [-0.25, -0.2) is 13.4 Å². The van der Waals surface area contributed by atoms with Crippen LogP contribution in [0.15, 0.2) is 17.0 Å². The SMILES string of the molecule is O=S(=O)(c1ccc(C(F)(F)F)nc1C(F)(F)F)N1CC2(CNC2)C1. The molecule has 1 aromatic heterocycles. The smallest absolute Gasteiger partial charge is 0.315 e. The molecule has 0 amide bonds. The lowest BCUT2D eigenvalue weighted by Gasteiger charge is -2.55. The average molecular weight is 375 g/mol. The summed E-state index contributed by atoms with van der Waals surface area (Å²) in [5.74, 6) is 0. The van der Waals surface area contributed by atoms with Gasteiger partial charge in [0.1, 0.15) is 10.6 Å². The van der Waals surface area contributed by atoms with Gasteiger partial charge in [-0.2, -0.15) is 30.6 Å². The van der Waals surface area contributed by atoms with Crippen molar-refractivity contribution in [3.05, 3.63) is 23.5 Å². The van der Waals surface area contributed by atoms with Crippen molar-refractivity contribution in [2.24, 2.45) is 5.41 Å². The number of rotatable bonds is 2. The summed E-state index contributed by atoms with van der Waals surface area (Å²) in [7, 11) is -4.57. The number of nitrogens with zero attached hydrogens (tertiary/aromatic N) is 2. The topological polar surface area (TPSA) is 62.3 Å². The highest BCUT2D eigenvalue weighted by molar-refractivity contribution is 7.89. The van der Waals surface area contributed by atoms with Gasteiger partial charge in [0.2, 0.25) is 10.0 Å². The van der Waals surface area contributed by atoms with E-state index < -0.39 is 38.7 Å². The number of pyridine rings is 1. The van der Waals surface area contributed by atoms with Crippen LogP contribution in [0.1, 0.15) is 11.4 Å². The van der Waals surface area contributed by atoms with Gasteiger partial charge in [0, 0.05) is 31.6 Å². The molecule has 2 fully saturated rings. The van der Waals surface area contributed by atoms with Gasteiger partial charge in [0.05, 0.1) is 0 Å². The molecule has 0 aliphatic carbocycles. The van der Waals surface area contributed by atoms with Crippen molar-refractivity contribution in [3.8, 4) is 0 Å². The molecule has 3 rings (SSSR count). The first kappa shape index (κ1) is 17.4. The molecule has 5 nitrogen and oxygen atoms in total. The molecule has 0 atom stereocenters. The fourth-order valence-corrected chi connectivity index (χ4v) is 4.54. The normalized spacial score (nSPS) is 21.4. The third kappa shape index (κ3) is 2.75. The maximum absolute atomic E-state index is 13.0. The van der Waals surface area contributed by atoms with Crippen LogP contribution in [0, 0.1) is 5.41 Å². The molecule has 0 saturated carbocycles. The zero-order valence-corrected chi connectivity index (χ0v) is 12.7. The van der Waals surface area contributed by atoms with Gasteiger partial charge < -0.3 is 5.32 Å². The van der Waals surface area contributed by atoms with E-state index >= 15 is 0 Å². The lowest BCUT2D eigenvalue weighted by molar-refractivity contribution is -0.151. The van der Waals surface area contributed by atoms with Crippen molar-refractivity contribution in [2.45, 2.75) is 17.2 Å². The third-order valence-electron chi connectivity index (χ3n) is 4.06. The Morgan fingerprint density at radius 3 is 2.04 bits per heavy atom. The molecule has 134 valence electrons. The van der Waals surface area contributed by atoms with E-state index in [1.165, 1.54) is 0 Å². The number of hydrogen-bond donors (Lipinski definition) is 1. The third-order valence-corrected chi connectivity index (χ3v) is 5.88. The molecule has 0 unspecified atom stereocenters. The maximum Gasteiger partial charge on any atom is 0.434 e. The largest absolute Gasteiger partial charge is 0.434 e. The highest BCUT2D eigenvalue weighted by Gasteiger charge is 2.53. The second-order valence-electron chi connectivity index (χ2n) is 5.92. The van der Waals surface area contributed by atoms with Crippen LogP contribution < -0.4 is 5.32 Å². The Bertz CT molecular complexity index is 762. The summed E-state index contributed by atoms with van der Waals surface area (Å²) in [6.07, 6.45) is -10.4. The maximum atomic E-state index is 13.0. The summed E-state index contributed by atoms with van der Waals surface area (Å²) < 4.78 is 102. The highest BCUT2D eigenvalue weighted by atomic mass is 32.2. The van der Waals surface area contributed by atoms with Gasteiger partial charge in [0.25, 0.3) is 0 Å². The van der Waals surface area contributed by atoms with Crippen LogP contribution in [-0.2, 0) is 22.4 Å². The molecule has 1 spiro atoms. The predicted molar refractivity (Wildman–Crippen MR) is 68.3 cm³/mol. The molecule has 2 saturated heterocycles. The van der Waals surface area contributed by atoms with Crippen LogP contribution in [0.5, 0.6) is 0 Å². The Labute approximate surface area is 132 Å². The molecule has 3 heterocycles. The quantitative estimate of drug-likeness (QED) is 0.800. The Hall–Kier alpha value is -1.40. The molecular formula is C12H11F6N3O2S. The van der Waals surface area contributed by atoms with Crippen molar-refractivity contribution in [1.29, 1.82) is 0 Å². The molecule has 2 aliphatic heterocycles. The van der Waals surface area contributed by atoms with Crippen LogP contribution in [0.3, 0.4) is 0 Å². The van der Waals surface area contributed by atoms with Crippen molar-refractivity contribution in [1.82, 2.24) is 14.6 Å². The van der Waals surface area contributed by atoms with Gasteiger partial charge in [-0.1, -0.05) is 0 Å². The first-order valence-corrected chi connectivity index (χ1v) is 8.16. The lowest BCUT2D eigenvalue weighted by Crippen LogP contribution is -2.71. The van der Waals surface area contributed by atoms with Crippen molar-refractivity contribution < 1.29 is 34.8 Å². The van der Waals surface area contributed by atoms with E-state index in [4.69, 9.17) is 0 Å². The fourth-order valence-electron chi connectivity index (χ4n) is 2.73. The van der Waals surface area contributed by atoms with Crippen LogP contribution in [-0.4, -0.2) is 43.9 Å².